The largest absolute Gasteiger partial charge is 0.472 e. The van der Waals surface area contributed by atoms with Crippen LogP contribution in [0.3, 0.4) is 0 Å². The van der Waals surface area contributed by atoms with E-state index < -0.39 is 97.5 Å². The highest BCUT2D eigenvalue weighted by Gasteiger charge is 2.30. The van der Waals surface area contributed by atoms with Gasteiger partial charge in [-0.05, 0) is 37.5 Å². The number of carbonyl (C=O) groups is 4. The van der Waals surface area contributed by atoms with Gasteiger partial charge in [-0.25, -0.2) is 9.13 Å². The van der Waals surface area contributed by atoms with Crippen LogP contribution in [0.2, 0.25) is 0 Å². The van der Waals surface area contributed by atoms with Crippen molar-refractivity contribution >= 4 is 39.5 Å². The van der Waals surface area contributed by atoms with Crippen molar-refractivity contribution in [2.75, 3.05) is 39.6 Å². The topological polar surface area (TPSA) is 237 Å². The molecule has 0 radical (unpaired) electrons. The second-order valence-electron chi connectivity index (χ2n) is 30.6. The molecule has 0 saturated carbocycles. The summed E-state index contributed by atoms with van der Waals surface area (Å²) >= 11 is 0. The van der Waals surface area contributed by atoms with Crippen molar-refractivity contribution in [3.63, 3.8) is 0 Å². The van der Waals surface area contributed by atoms with Gasteiger partial charge in [-0.3, -0.25) is 37.3 Å². The Morgan fingerprint density at radius 3 is 0.745 bits per heavy atom. The summed E-state index contributed by atoms with van der Waals surface area (Å²) < 4.78 is 68.8. The summed E-state index contributed by atoms with van der Waals surface area (Å²) in [6.07, 6.45) is 65.1. The van der Waals surface area contributed by atoms with Crippen LogP contribution >= 0.6 is 15.6 Å². The molecule has 3 unspecified atom stereocenters. The number of unbranched alkanes of at least 4 members (excludes halogenated alkanes) is 51. The van der Waals surface area contributed by atoms with Crippen molar-refractivity contribution in [1.29, 1.82) is 0 Å². The Balaban J connectivity index is 5.22. The Morgan fingerprint density at radius 1 is 0.284 bits per heavy atom. The molecule has 0 aliphatic rings. The van der Waals surface area contributed by atoms with E-state index in [-0.39, 0.29) is 25.7 Å². The summed E-state index contributed by atoms with van der Waals surface area (Å²) in [6.45, 7) is 9.72. The highest BCUT2D eigenvalue weighted by atomic mass is 31.2. The zero-order valence-corrected chi connectivity index (χ0v) is 68.7. The first-order valence-corrected chi connectivity index (χ1v) is 46.0. The van der Waals surface area contributed by atoms with Gasteiger partial charge in [0.2, 0.25) is 0 Å². The second kappa shape index (κ2) is 74.5. The lowest BCUT2D eigenvalue weighted by molar-refractivity contribution is -0.161. The lowest BCUT2D eigenvalue weighted by Crippen LogP contribution is -2.30. The van der Waals surface area contributed by atoms with E-state index in [9.17, 15) is 43.2 Å². The van der Waals surface area contributed by atoms with Crippen molar-refractivity contribution in [3.8, 4) is 0 Å². The average Bonchev–Trinajstić information content (AvgIpc) is 0.956. The van der Waals surface area contributed by atoms with Crippen LogP contribution in [-0.2, 0) is 65.4 Å². The van der Waals surface area contributed by atoms with E-state index in [1.165, 1.54) is 257 Å². The van der Waals surface area contributed by atoms with Crippen LogP contribution in [0.25, 0.3) is 0 Å². The predicted molar refractivity (Wildman–Crippen MR) is 418 cm³/mol. The molecule has 606 valence electrons. The maximum Gasteiger partial charge on any atom is 0.472 e. The van der Waals surface area contributed by atoms with Gasteiger partial charge in [0.05, 0.1) is 26.4 Å². The molecule has 17 nitrogen and oxygen atoms in total. The van der Waals surface area contributed by atoms with E-state index in [0.29, 0.717) is 25.7 Å². The van der Waals surface area contributed by atoms with Crippen molar-refractivity contribution in [2.24, 2.45) is 11.8 Å². The first-order chi connectivity index (χ1) is 49.4. The molecule has 0 spiro atoms. The van der Waals surface area contributed by atoms with Crippen LogP contribution in [0.5, 0.6) is 0 Å². The molecule has 0 bridgehead atoms. The summed E-state index contributed by atoms with van der Waals surface area (Å²) in [6, 6.07) is 0. The minimum atomic E-state index is -4.96. The number of rotatable bonds is 82. The average molecular weight is 1490 g/mol. The molecule has 6 atom stereocenters. The summed E-state index contributed by atoms with van der Waals surface area (Å²) in [5.74, 6) is -0.453. The van der Waals surface area contributed by atoms with Crippen molar-refractivity contribution in [3.05, 3.63) is 0 Å². The smallest absolute Gasteiger partial charge is 0.462 e. The van der Waals surface area contributed by atoms with Crippen molar-refractivity contribution < 1.29 is 80.2 Å². The molecule has 0 rings (SSSR count). The van der Waals surface area contributed by atoms with E-state index in [0.717, 1.165) is 102 Å². The number of ether oxygens (including phenoxy) is 4. The number of esters is 4. The van der Waals surface area contributed by atoms with Gasteiger partial charge >= 0.3 is 39.5 Å². The summed E-state index contributed by atoms with van der Waals surface area (Å²) in [4.78, 5) is 73.1. The lowest BCUT2D eigenvalue weighted by Gasteiger charge is -2.21. The Bertz CT molecular complexity index is 1960. The molecule has 0 aliphatic carbocycles. The van der Waals surface area contributed by atoms with E-state index in [1.807, 2.05) is 0 Å². The fourth-order valence-corrected chi connectivity index (χ4v) is 14.4. The minimum Gasteiger partial charge on any atom is -0.462 e. The second-order valence-corrected chi connectivity index (χ2v) is 33.5. The highest BCUT2D eigenvalue weighted by Crippen LogP contribution is 2.45. The van der Waals surface area contributed by atoms with Crippen LogP contribution < -0.4 is 0 Å². The molecule has 0 aromatic rings. The van der Waals surface area contributed by atoms with Gasteiger partial charge in [0, 0.05) is 25.7 Å². The standard InChI is InChI=1S/C83H162O17P2/c1-7-10-12-14-16-18-19-20-21-22-25-32-37-43-49-55-61-67-82(87)99-78(71-93-80(85)65-59-53-47-39-17-15-13-11-8-2)73-97-101(89,90)95-69-77(84)70-96-102(91,92)98-74-79(100-83(88)68-62-56-50-44-38-33-26-23-24-29-34-40-45-51-57-63-75(4)5)72-94-81(86)66-60-54-48-42-36-31-28-27-30-35-41-46-52-58-64-76(6)9-3/h75-79,84H,7-74H2,1-6H3,(H,89,90)(H,91,92)/t76?,77-,78+,79+/m0/s1. The molecule has 0 fully saturated rings. The summed E-state index contributed by atoms with van der Waals surface area (Å²) in [5, 5.41) is 10.7. The number of aliphatic hydroxyl groups is 1. The van der Waals surface area contributed by atoms with E-state index >= 15 is 0 Å². The lowest BCUT2D eigenvalue weighted by atomic mass is 9.99. The van der Waals surface area contributed by atoms with E-state index in [1.54, 1.807) is 0 Å². The van der Waals surface area contributed by atoms with Crippen LogP contribution in [0.15, 0.2) is 0 Å². The Labute approximate surface area is 626 Å². The first kappa shape index (κ1) is 100. The molecular formula is C83H162O17P2. The number of aliphatic hydroxyl groups excluding tert-OH is 1. The van der Waals surface area contributed by atoms with Gasteiger partial charge in [0.1, 0.15) is 19.3 Å². The van der Waals surface area contributed by atoms with Crippen LogP contribution in [0.4, 0.5) is 0 Å². The third-order valence-electron chi connectivity index (χ3n) is 19.8. The summed E-state index contributed by atoms with van der Waals surface area (Å²) in [7, 11) is -9.92. The highest BCUT2D eigenvalue weighted by molar-refractivity contribution is 7.47. The van der Waals surface area contributed by atoms with Crippen LogP contribution in [0.1, 0.15) is 440 Å². The van der Waals surface area contributed by atoms with Crippen LogP contribution in [-0.4, -0.2) is 96.7 Å². The maximum atomic E-state index is 13.1. The van der Waals surface area contributed by atoms with Gasteiger partial charge in [0.25, 0.3) is 0 Å². The quantitative estimate of drug-likeness (QED) is 0.0222. The SMILES string of the molecule is CCCCCCCCCCCCCCCCCCCC(=O)O[C@H](COC(=O)CCCCCCCCCCC)COP(=O)(O)OC[C@H](O)COP(=O)(O)OC[C@@H](COC(=O)CCCCCCCCCCCCCCCCC(C)CC)OC(=O)CCCCCCCCCCCCCCCCCC(C)C. The number of hydrogen-bond acceptors (Lipinski definition) is 15. The van der Waals surface area contributed by atoms with E-state index in [4.69, 9.17) is 37.0 Å². The molecule has 102 heavy (non-hydrogen) atoms. The zero-order valence-electron chi connectivity index (χ0n) is 66.9. The van der Waals surface area contributed by atoms with Crippen LogP contribution in [0, 0.1) is 11.8 Å². The van der Waals surface area contributed by atoms with Gasteiger partial charge < -0.3 is 33.8 Å². The predicted octanol–water partition coefficient (Wildman–Crippen LogP) is 25.1. The van der Waals surface area contributed by atoms with Gasteiger partial charge in [-0.1, -0.05) is 388 Å². The molecule has 0 aliphatic heterocycles. The normalized spacial score (nSPS) is 14.1. The molecule has 19 heteroatoms. The van der Waals surface area contributed by atoms with Gasteiger partial charge in [-0.2, -0.15) is 0 Å². The third kappa shape index (κ3) is 74.9. The van der Waals surface area contributed by atoms with Gasteiger partial charge in [0.15, 0.2) is 12.2 Å². The Hall–Kier alpha value is -1.94. The minimum absolute atomic E-state index is 0.108. The Morgan fingerprint density at radius 2 is 0.500 bits per heavy atom. The fourth-order valence-electron chi connectivity index (χ4n) is 12.9. The maximum absolute atomic E-state index is 13.1. The summed E-state index contributed by atoms with van der Waals surface area (Å²) in [5.41, 5.74) is 0. The van der Waals surface area contributed by atoms with Crippen molar-refractivity contribution in [1.82, 2.24) is 0 Å². The number of phosphoric ester groups is 2. The molecule has 0 saturated heterocycles. The molecular weight excluding hydrogens is 1330 g/mol. The molecule has 0 heterocycles. The number of hydrogen-bond donors (Lipinski definition) is 3. The molecule has 0 amide bonds. The van der Waals surface area contributed by atoms with E-state index in [2.05, 4.69) is 41.5 Å². The third-order valence-corrected chi connectivity index (χ3v) is 21.7. The monoisotopic (exact) mass is 1490 g/mol. The Kier molecular flexibility index (Phi) is 73.1. The van der Waals surface area contributed by atoms with Gasteiger partial charge in [-0.15, -0.1) is 0 Å². The fraction of sp³-hybridized carbons (Fsp3) is 0.952. The first-order valence-electron chi connectivity index (χ1n) is 43.0. The molecule has 0 aromatic heterocycles. The molecule has 0 aromatic carbocycles. The van der Waals surface area contributed by atoms with Crippen molar-refractivity contribution in [2.45, 2.75) is 458 Å². The number of carbonyl (C=O) groups excluding carboxylic acids is 4. The zero-order chi connectivity index (χ0) is 74.9. The molecule has 3 N–H and O–H groups in total. The number of phosphoric acid groups is 2.